The molecule has 1 atom stereocenters. The number of rotatable bonds is 3. The first kappa shape index (κ1) is 17.6. The SMILES string of the molecule is Cc1cccc(-c2noc([C@@H]3CCCCN3C(=O)CC(C)(C)C)n2)c1. The van der Waals surface area contributed by atoms with E-state index in [1.54, 1.807) is 0 Å². The molecule has 0 N–H and O–H groups in total. The lowest BCUT2D eigenvalue weighted by Crippen LogP contribution is -2.40. The van der Waals surface area contributed by atoms with Crippen molar-refractivity contribution in [3.8, 4) is 11.4 Å². The van der Waals surface area contributed by atoms with Crippen molar-refractivity contribution >= 4 is 5.91 Å². The fourth-order valence-electron chi connectivity index (χ4n) is 3.31. The van der Waals surface area contributed by atoms with Crippen molar-refractivity contribution in [2.75, 3.05) is 6.54 Å². The summed E-state index contributed by atoms with van der Waals surface area (Å²) < 4.78 is 5.55. The van der Waals surface area contributed by atoms with E-state index >= 15 is 0 Å². The van der Waals surface area contributed by atoms with Crippen molar-refractivity contribution in [1.82, 2.24) is 15.0 Å². The van der Waals surface area contributed by atoms with Gasteiger partial charge in [-0.25, -0.2) is 0 Å². The third-order valence-corrected chi connectivity index (χ3v) is 4.51. The Morgan fingerprint density at radius 1 is 1.32 bits per heavy atom. The van der Waals surface area contributed by atoms with Crippen molar-refractivity contribution in [2.45, 2.75) is 59.4 Å². The van der Waals surface area contributed by atoms with E-state index in [9.17, 15) is 4.79 Å². The molecule has 134 valence electrons. The smallest absolute Gasteiger partial charge is 0.249 e. The van der Waals surface area contributed by atoms with Crippen molar-refractivity contribution < 1.29 is 9.32 Å². The van der Waals surface area contributed by atoms with Crippen molar-refractivity contribution in [3.05, 3.63) is 35.7 Å². The lowest BCUT2D eigenvalue weighted by atomic mass is 9.90. The zero-order valence-corrected chi connectivity index (χ0v) is 15.6. The standard InChI is InChI=1S/C20H27N3O2/c1-14-8-7-9-15(12-14)18-21-19(25-22-18)16-10-5-6-11-23(16)17(24)13-20(2,3)4/h7-9,12,16H,5-6,10-11,13H2,1-4H3/t16-/m0/s1. The van der Waals surface area contributed by atoms with Crippen LogP contribution in [0.3, 0.4) is 0 Å². The van der Waals surface area contributed by atoms with E-state index in [0.29, 0.717) is 18.1 Å². The van der Waals surface area contributed by atoms with Crippen molar-refractivity contribution in [1.29, 1.82) is 0 Å². The molecular formula is C20H27N3O2. The molecule has 0 aliphatic carbocycles. The number of piperidine rings is 1. The number of carbonyl (C=O) groups is 1. The van der Waals surface area contributed by atoms with Crippen molar-refractivity contribution in [2.24, 2.45) is 5.41 Å². The summed E-state index contributed by atoms with van der Waals surface area (Å²) in [7, 11) is 0. The van der Waals surface area contributed by atoms with E-state index in [4.69, 9.17) is 4.52 Å². The number of nitrogens with zero attached hydrogens (tertiary/aromatic N) is 3. The van der Waals surface area contributed by atoms with Crippen LogP contribution in [0.4, 0.5) is 0 Å². The normalized spacial score (nSPS) is 18.4. The van der Waals surface area contributed by atoms with Gasteiger partial charge in [-0.15, -0.1) is 0 Å². The fourth-order valence-corrected chi connectivity index (χ4v) is 3.31. The van der Waals surface area contributed by atoms with Gasteiger partial charge in [-0.1, -0.05) is 49.7 Å². The summed E-state index contributed by atoms with van der Waals surface area (Å²) in [5.74, 6) is 1.32. The zero-order chi connectivity index (χ0) is 18.0. The summed E-state index contributed by atoms with van der Waals surface area (Å²) in [4.78, 5) is 19.3. The summed E-state index contributed by atoms with van der Waals surface area (Å²) in [6, 6.07) is 7.94. The van der Waals surface area contributed by atoms with Crippen LogP contribution in [-0.4, -0.2) is 27.5 Å². The third kappa shape index (κ3) is 4.27. The van der Waals surface area contributed by atoms with E-state index in [0.717, 1.165) is 36.9 Å². The van der Waals surface area contributed by atoms with E-state index in [1.165, 1.54) is 0 Å². The first-order chi connectivity index (χ1) is 11.8. The summed E-state index contributed by atoms with van der Waals surface area (Å²) >= 11 is 0. The summed E-state index contributed by atoms with van der Waals surface area (Å²) in [5.41, 5.74) is 2.07. The maximum atomic E-state index is 12.8. The Labute approximate surface area is 149 Å². The molecule has 2 heterocycles. The van der Waals surface area contributed by atoms with Gasteiger partial charge in [0, 0.05) is 18.5 Å². The first-order valence-electron chi connectivity index (χ1n) is 9.04. The second-order valence-corrected chi connectivity index (χ2v) is 8.16. The minimum Gasteiger partial charge on any atom is -0.337 e. The van der Waals surface area contributed by atoms with E-state index in [1.807, 2.05) is 36.1 Å². The monoisotopic (exact) mass is 341 g/mol. The van der Waals surface area contributed by atoms with Gasteiger partial charge in [-0.2, -0.15) is 4.98 Å². The lowest BCUT2D eigenvalue weighted by Gasteiger charge is -2.35. The van der Waals surface area contributed by atoms with Crippen LogP contribution in [0.15, 0.2) is 28.8 Å². The molecule has 0 radical (unpaired) electrons. The second-order valence-electron chi connectivity index (χ2n) is 8.16. The molecule has 0 unspecified atom stereocenters. The summed E-state index contributed by atoms with van der Waals surface area (Å²) in [6.45, 7) is 9.07. The molecule has 5 nitrogen and oxygen atoms in total. The Hall–Kier alpha value is -2.17. The first-order valence-corrected chi connectivity index (χ1v) is 9.04. The van der Waals surface area contributed by atoms with E-state index in [2.05, 4.69) is 30.9 Å². The number of carbonyl (C=O) groups excluding carboxylic acids is 1. The minimum absolute atomic E-state index is 0.0271. The molecule has 0 bridgehead atoms. The van der Waals surface area contributed by atoms with Crippen LogP contribution < -0.4 is 0 Å². The van der Waals surface area contributed by atoms with Gasteiger partial charge < -0.3 is 9.42 Å². The van der Waals surface area contributed by atoms with Gasteiger partial charge in [-0.3, -0.25) is 4.79 Å². The largest absolute Gasteiger partial charge is 0.337 e. The predicted molar refractivity (Wildman–Crippen MR) is 96.8 cm³/mol. The highest BCUT2D eigenvalue weighted by Gasteiger charge is 2.33. The molecule has 3 rings (SSSR count). The number of benzene rings is 1. The van der Waals surface area contributed by atoms with Gasteiger partial charge in [0.15, 0.2) is 0 Å². The number of aryl methyl sites for hydroxylation is 1. The van der Waals surface area contributed by atoms with Crippen molar-refractivity contribution in [3.63, 3.8) is 0 Å². The Bertz CT molecular complexity index is 745. The average Bonchev–Trinajstić information content (AvgIpc) is 3.03. The molecule has 25 heavy (non-hydrogen) atoms. The second kappa shape index (κ2) is 6.98. The highest BCUT2D eigenvalue weighted by atomic mass is 16.5. The average molecular weight is 341 g/mol. The molecule has 5 heteroatoms. The van der Waals surface area contributed by atoms with Gasteiger partial charge in [0.2, 0.25) is 17.6 Å². The topological polar surface area (TPSA) is 59.2 Å². The molecule has 1 fully saturated rings. The van der Waals surface area contributed by atoms with E-state index in [-0.39, 0.29) is 17.4 Å². The number of aromatic nitrogens is 2. The Morgan fingerprint density at radius 3 is 2.84 bits per heavy atom. The Morgan fingerprint density at radius 2 is 2.12 bits per heavy atom. The maximum absolute atomic E-state index is 12.8. The van der Waals surface area contributed by atoms with Gasteiger partial charge in [-0.05, 0) is 37.7 Å². The number of hydrogen-bond acceptors (Lipinski definition) is 4. The molecule has 1 saturated heterocycles. The highest BCUT2D eigenvalue weighted by molar-refractivity contribution is 5.77. The molecule has 1 aliphatic rings. The van der Waals surface area contributed by atoms with Crippen LogP contribution >= 0.6 is 0 Å². The molecule has 0 spiro atoms. The third-order valence-electron chi connectivity index (χ3n) is 4.51. The maximum Gasteiger partial charge on any atom is 0.249 e. The van der Waals surface area contributed by atoms with Crippen LogP contribution in [0.25, 0.3) is 11.4 Å². The molecule has 1 amide bonds. The lowest BCUT2D eigenvalue weighted by molar-refractivity contribution is -0.137. The molecular weight excluding hydrogens is 314 g/mol. The van der Waals surface area contributed by atoms with Gasteiger partial charge >= 0.3 is 0 Å². The molecule has 1 aliphatic heterocycles. The van der Waals surface area contributed by atoms with Gasteiger partial charge in [0.1, 0.15) is 6.04 Å². The predicted octanol–water partition coefficient (Wildman–Crippen LogP) is 4.53. The Balaban J connectivity index is 1.82. The molecule has 0 saturated carbocycles. The van der Waals surface area contributed by atoms with Crippen LogP contribution in [0, 0.1) is 12.3 Å². The summed E-state index contributed by atoms with van der Waals surface area (Å²) in [5, 5.41) is 4.15. The molecule has 1 aromatic carbocycles. The minimum atomic E-state index is -0.102. The highest BCUT2D eigenvalue weighted by Crippen LogP contribution is 2.33. The van der Waals surface area contributed by atoms with Crippen LogP contribution in [0.1, 0.15) is 64.0 Å². The van der Waals surface area contributed by atoms with E-state index < -0.39 is 0 Å². The van der Waals surface area contributed by atoms with Crippen LogP contribution in [0.5, 0.6) is 0 Å². The number of amides is 1. The number of hydrogen-bond donors (Lipinski definition) is 0. The fraction of sp³-hybridized carbons (Fsp3) is 0.550. The number of likely N-dealkylation sites (tertiary alicyclic amines) is 1. The Kier molecular flexibility index (Phi) is 4.93. The van der Waals surface area contributed by atoms with Crippen LogP contribution in [0.2, 0.25) is 0 Å². The molecule has 1 aromatic heterocycles. The zero-order valence-electron chi connectivity index (χ0n) is 15.6. The quantitative estimate of drug-likeness (QED) is 0.822. The van der Waals surface area contributed by atoms with Gasteiger partial charge in [0.25, 0.3) is 0 Å². The molecule has 2 aromatic rings. The van der Waals surface area contributed by atoms with Gasteiger partial charge in [0.05, 0.1) is 0 Å². The summed E-state index contributed by atoms with van der Waals surface area (Å²) in [6.07, 6.45) is 3.52. The van der Waals surface area contributed by atoms with Crippen LogP contribution in [-0.2, 0) is 4.79 Å².